The second-order valence-corrected chi connectivity index (χ2v) is 3.00. The summed E-state index contributed by atoms with van der Waals surface area (Å²) >= 11 is 0. The van der Waals surface area contributed by atoms with Crippen LogP contribution in [0.15, 0.2) is 53.6 Å². The lowest BCUT2D eigenvalue weighted by Gasteiger charge is -1.88. The molecule has 78 valence electrons. The van der Waals surface area contributed by atoms with Crippen molar-refractivity contribution in [2.75, 3.05) is 13.1 Å². The first kappa shape index (κ1) is 11.4. The molecule has 0 spiro atoms. The Morgan fingerprint density at radius 3 is 2.60 bits per heavy atom. The molecule has 0 radical (unpaired) electrons. The summed E-state index contributed by atoms with van der Waals surface area (Å²) in [6.07, 6.45) is 9.65. The van der Waals surface area contributed by atoms with Crippen LogP contribution >= 0.6 is 0 Å². The van der Waals surface area contributed by atoms with E-state index in [4.69, 9.17) is 5.73 Å². The Morgan fingerprint density at radius 2 is 1.87 bits per heavy atom. The second kappa shape index (κ2) is 7.71. The minimum Gasteiger partial charge on any atom is -0.329 e. The summed E-state index contributed by atoms with van der Waals surface area (Å²) in [4.78, 5) is 4.06. The fourth-order valence-electron chi connectivity index (χ4n) is 1.05. The largest absolute Gasteiger partial charge is 0.329 e. The van der Waals surface area contributed by atoms with Crippen LogP contribution in [-0.4, -0.2) is 19.3 Å². The molecule has 2 nitrogen and oxygen atoms in total. The summed E-state index contributed by atoms with van der Waals surface area (Å²) in [6.45, 7) is 1.29. The van der Waals surface area contributed by atoms with Gasteiger partial charge in [-0.3, -0.25) is 4.99 Å². The number of benzene rings is 1. The zero-order valence-electron chi connectivity index (χ0n) is 8.71. The first-order valence-electron chi connectivity index (χ1n) is 5.02. The molecule has 0 atom stereocenters. The Morgan fingerprint density at radius 1 is 1.07 bits per heavy atom. The topological polar surface area (TPSA) is 38.4 Å². The van der Waals surface area contributed by atoms with Gasteiger partial charge in [0, 0.05) is 12.8 Å². The molecule has 0 unspecified atom stereocenters. The number of allylic oxidation sites excluding steroid dienone is 3. The molecule has 15 heavy (non-hydrogen) atoms. The maximum atomic E-state index is 5.29. The van der Waals surface area contributed by atoms with Gasteiger partial charge in [-0.2, -0.15) is 0 Å². The van der Waals surface area contributed by atoms with Gasteiger partial charge >= 0.3 is 0 Å². The Hall–Kier alpha value is -1.67. The van der Waals surface area contributed by atoms with Gasteiger partial charge in [0.25, 0.3) is 0 Å². The van der Waals surface area contributed by atoms with Crippen molar-refractivity contribution in [1.29, 1.82) is 0 Å². The standard InChI is InChI=1S/C13H16N2/c14-10-12-15-11-6-2-5-9-13-7-3-1-4-8-13/h1-9,11H,10,12,14H2/b6-2?,9-5+,15-11?. The Bertz CT molecular complexity index is 337. The van der Waals surface area contributed by atoms with E-state index in [1.807, 2.05) is 42.5 Å². The SMILES string of the molecule is NCCN=CC=C/C=C/c1ccccc1. The van der Waals surface area contributed by atoms with Gasteiger partial charge in [-0.15, -0.1) is 0 Å². The van der Waals surface area contributed by atoms with Crippen molar-refractivity contribution in [2.45, 2.75) is 0 Å². The second-order valence-electron chi connectivity index (χ2n) is 3.00. The molecule has 0 aliphatic heterocycles. The number of hydrogen-bond acceptors (Lipinski definition) is 2. The van der Waals surface area contributed by atoms with E-state index in [0.717, 1.165) is 0 Å². The smallest absolute Gasteiger partial charge is 0.0511 e. The van der Waals surface area contributed by atoms with Gasteiger partial charge in [-0.05, 0) is 11.6 Å². The van der Waals surface area contributed by atoms with Gasteiger partial charge < -0.3 is 5.73 Å². The molecule has 2 heteroatoms. The summed E-state index contributed by atoms with van der Waals surface area (Å²) in [7, 11) is 0. The van der Waals surface area contributed by atoms with Crippen LogP contribution < -0.4 is 5.73 Å². The van der Waals surface area contributed by atoms with Gasteiger partial charge in [-0.25, -0.2) is 0 Å². The first-order chi connectivity index (χ1) is 7.43. The number of aliphatic imine (C=N–C) groups is 1. The van der Waals surface area contributed by atoms with Crippen LogP contribution in [0, 0.1) is 0 Å². The monoisotopic (exact) mass is 200 g/mol. The van der Waals surface area contributed by atoms with Crippen molar-refractivity contribution >= 4 is 12.3 Å². The van der Waals surface area contributed by atoms with Gasteiger partial charge in [0.1, 0.15) is 0 Å². The summed E-state index contributed by atoms with van der Waals surface area (Å²) in [5.74, 6) is 0. The van der Waals surface area contributed by atoms with Crippen LogP contribution in [-0.2, 0) is 0 Å². The predicted octanol–water partition coefficient (Wildman–Crippen LogP) is 2.29. The summed E-state index contributed by atoms with van der Waals surface area (Å²) in [5, 5.41) is 0. The van der Waals surface area contributed by atoms with E-state index < -0.39 is 0 Å². The molecule has 0 saturated carbocycles. The van der Waals surface area contributed by atoms with Crippen molar-refractivity contribution in [1.82, 2.24) is 0 Å². The molecular formula is C13H16N2. The van der Waals surface area contributed by atoms with Crippen molar-refractivity contribution < 1.29 is 0 Å². The summed E-state index contributed by atoms with van der Waals surface area (Å²) in [5.41, 5.74) is 6.49. The molecule has 2 N–H and O–H groups in total. The van der Waals surface area contributed by atoms with Gasteiger partial charge in [0.2, 0.25) is 0 Å². The number of hydrogen-bond donors (Lipinski definition) is 1. The zero-order chi connectivity index (χ0) is 10.8. The zero-order valence-corrected chi connectivity index (χ0v) is 8.71. The minimum absolute atomic E-state index is 0.601. The molecule has 1 aromatic rings. The molecule has 0 bridgehead atoms. The van der Waals surface area contributed by atoms with Crippen LogP contribution in [0.4, 0.5) is 0 Å². The molecule has 0 heterocycles. The van der Waals surface area contributed by atoms with Crippen LogP contribution in [0.2, 0.25) is 0 Å². The van der Waals surface area contributed by atoms with Crippen molar-refractivity contribution in [2.24, 2.45) is 10.7 Å². The molecule has 0 aromatic heterocycles. The van der Waals surface area contributed by atoms with E-state index in [1.165, 1.54) is 5.56 Å². The third kappa shape index (κ3) is 5.60. The maximum absolute atomic E-state index is 5.29. The van der Waals surface area contributed by atoms with Crippen molar-refractivity contribution in [3.8, 4) is 0 Å². The highest BCUT2D eigenvalue weighted by molar-refractivity contribution is 5.72. The average Bonchev–Trinajstić information content (AvgIpc) is 2.29. The van der Waals surface area contributed by atoms with E-state index in [1.54, 1.807) is 6.21 Å². The van der Waals surface area contributed by atoms with Crippen LogP contribution in [0.3, 0.4) is 0 Å². The third-order valence-corrected chi connectivity index (χ3v) is 1.76. The molecule has 0 saturated heterocycles. The molecule has 0 amide bonds. The highest BCUT2D eigenvalue weighted by Crippen LogP contribution is 2.00. The van der Waals surface area contributed by atoms with Crippen molar-refractivity contribution in [3.63, 3.8) is 0 Å². The highest BCUT2D eigenvalue weighted by Gasteiger charge is 1.79. The van der Waals surface area contributed by atoms with E-state index in [2.05, 4.69) is 17.1 Å². The molecular weight excluding hydrogens is 184 g/mol. The van der Waals surface area contributed by atoms with Gasteiger partial charge in [0.05, 0.1) is 6.54 Å². The van der Waals surface area contributed by atoms with Gasteiger partial charge in [-0.1, -0.05) is 48.6 Å². The molecule has 0 aliphatic rings. The Balaban J connectivity index is 2.34. The first-order valence-corrected chi connectivity index (χ1v) is 5.02. The summed E-state index contributed by atoms with van der Waals surface area (Å²) in [6, 6.07) is 10.2. The van der Waals surface area contributed by atoms with E-state index in [9.17, 15) is 0 Å². The van der Waals surface area contributed by atoms with Crippen molar-refractivity contribution in [3.05, 3.63) is 54.1 Å². The number of nitrogens with two attached hydrogens (primary N) is 1. The predicted molar refractivity (Wildman–Crippen MR) is 67.0 cm³/mol. The van der Waals surface area contributed by atoms with E-state index in [0.29, 0.717) is 13.1 Å². The number of rotatable bonds is 5. The van der Waals surface area contributed by atoms with E-state index in [-0.39, 0.29) is 0 Å². The van der Waals surface area contributed by atoms with Crippen LogP contribution in [0.25, 0.3) is 6.08 Å². The number of nitrogens with zero attached hydrogens (tertiary/aromatic N) is 1. The average molecular weight is 200 g/mol. The third-order valence-electron chi connectivity index (χ3n) is 1.76. The lowest BCUT2D eigenvalue weighted by molar-refractivity contribution is 0.981. The van der Waals surface area contributed by atoms with Crippen LogP contribution in [0.1, 0.15) is 5.56 Å². The fraction of sp³-hybridized carbons (Fsp3) is 0.154. The van der Waals surface area contributed by atoms with Gasteiger partial charge in [0.15, 0.2) is 0 Å². The Kier molecular flexibility index (Phi) is 5.86. The fourth-order valence-corrected chi connectivity index (χ4v) is 1.05. The highest BCUT2D eigenvalue weighted by atomic mass is 14.7. The summed E-state index contributed by atoms with van der Waals surface area (Å²) < 4.78 is 0. The quantitative estimate of drug-likeness (QED) is 0.574. The minimum atomic E-state index is 0.601. The lowest BCUT2D eigenvalue weighted by atomic mass is 10.2. The Labute approximate surface area is 90.8 Å². The molecule has 1 rings (SSSR count). The maximum Gasteiger partial charge on any atom is 0.0511 e. The normalized spacial score (nSPS) is 12.1. The molecule has 0 fully saturated rings. The molecule has 0 aliphatic carbocycles. The lowest BCUT2D eigenvalue weighted by Crippen LogP contribution is -2.01. The molecule has 1 aromatic carbocycles. The van der Waals surface area contributed by atoms with E-state index >= 15 is 0 Å². The van der Waals surface area contributed by atoms with Crippen LogP contribution in [0.5, 0.6) is 0 Å².